The molecule has 0 radical (unpaired) electrons. The van der Waals surface area contributed by atoms with Crippen molar-refractivity contribution in [3.63, 3.8) is 0 Å². The molecule has 0 aliphatic carbocycles. The summed E-state index contributed by atoms with van der Waals surface area (Å²) in [6.45, 7) is 6.36. The molecule has 186 valence electrons. The molecule has 4 heterocycles. The Morgan fingerprint density at radius 2 is 1.67 bits per heavy atom. The fourth-order valence-corrected chi connectivity index (χ4v) is 4.66. The van der Waals surface area contributed by atoms with Crippen molar-refractivity contribution >= 4 is 28.7 Å². The maximum Gasteiger partial charge on any atom is 0.321 e. The lowest BCUT2D eigenvalue weighted by molar-refractivity contribution is -0.136. The van der Waals surface area contributed by atoms with Crippen LogP contribution in [0.4, 0.5) is 10.5 Å². The van der Waals surface area contributed by atoms with Gasteiger partial charge in [0.1, 0.15) is 11.4 Å². The van der Waals surface area contributed by atoms with E-state index in [1.54, 1.807) is 41.7 Å². The van der Waals surface area contributed by atoms with Gasteiger partial charge in [0, 0.05) is 31.9 Å². The Morgan fingerprint density at radius 3 is 2.28 bits per heavy atom. The molecule has 1 atom stereocenters. The number of rotatable bonds is 6. The highest BCUT2D eigenvalue weighted by Gasteiger charge is 2.30. The minimum Gasteiger partial charge on any atom is -0.463 e. The van der Waals surface area contributed by atoms with Crippen LogP contribution in [0, 0.1) is 5.92 Å². The van der Waals surface area contributed by atoms with E-state index in [1.165, 1.54) is 0 Å². The molecule has 1 fully saturated rings. The largest absolute Gasteiger partial charge is 0.463 e. The molecule has 1 N–H and O–H groups in total. The van der Waals surface area contributed by atoms with Gasteiger partial charge in [-0.1, -0.05) is 0 Å². The summed E-state index contributed by atoms with van der Waals surface area (Å²) < 4.78 is 11.2. The van der Waals surface area contributed by atoms with Gasteiger partial charge >= 0.3 is 6.03 Å². The Labute approximate surface area is 209 Å². The average molecular weight is 488 g/mol. The first-order valence-corrected chi connectivity index (χ1v) is 12.3. The van der Waals surface area contributed by atoms with Crippen LogP contribution in [0.15, 0.2) is 63.8 Å². The van der Waals surface area contributed by atoms with Crippen LogP contribution in [0.2, 0.25) is 0 Å². The molecule has 3 aromatic heterocycles. The maximum atomic E-state index is 13.1. The lowest BCUT2D eigenvalue weighted by atomic mass is 9.96. The topological polar surface area (TPSA) is 105 Å². The number of fused-ring (bicyclic) bond motifs is 1. The highest BCUT2D eigenvalue weighted by molar-refractivity contribution is 5.93. The Bertz CT molecular complexity index is 1350. The van der Waals surface area contributed by atoms with E-state index in [1.807, 2.05) is 36.9 Å². The van der Waals surface area contributed by atoms with Gasteiger partial charge in [-0.3, -0.25) is 4.79 Å². The fraction of sp³-hybridized carbons (Fsp3) is 0.333. The van der Waals surface area contributed by atoms with Crippen LogP contribution in [0.5, 0.6) is 0 Å². The second-order valence-corrected chi connectivity index (χ2v) is 8.80. The number of carbonyl (C=O) groups excluding carboxylic acids is 2. The molecule has 1 unspecified atom stereocenters. The zero-order valence-corrected chi connectivity index (χ0v) is 20.4. The number of anilines is 1. The predicted octanol–water partition coefficient (Wildman–Crippen LogP) is 5.26. The zero-order valence-electron chi connectivity index (χ0n) is 20.4. The van der Waals surface area contributed by atoms with E-state index in [-0.39, 0.29) is 17.9 Å². The number of urea groups is 1. The van der Waals surface area contributed by atoms with Gasteiger partial charge in [-0.15, -0.1) is 0 Å². The summed E-state index contributed by atoms with van der Waals surface area (Å²) in [4.78, 5) is 39.0. The number of carbonyl (C=O) groups is 2. The molecular formula is C27H29N5O4. The molecule has 0 bridgehead atoms. The summed E-state index contributed by atoms with van der Waals surface area (Å²) in [7, 11) is 0. The first-order chi connectivity index (χ1) is 17.6. The van der Waals surface area contributed by atoms with Crippen molar-refractivity contribution in [3.05, 3.63) is 55.0 Å². The SMILES string of the molecule is CCN(CC)C(=O)C1CCCN(C(=O)Nc2ccc3nc(-c4ccco4)c(-c4ccco4)nc3c2)C1. The molecule has 1 saturated heterocycles. The number of nitrogens with one attached hydrogen (secondary N) is 1. The molecule has 4 aromatic rings. The van der Waals surface area contributed by atoms with E-state index >= 15 is 0 Å². The van der Waals surface area contributed by atoms with Crippen LogP contribution in [0.1, 0.15) is 26.7 Å². The maximum absolute atomic E-state index is 13.1. The molecule has 36 heavy (non-hydrogen) atoms. The Hall–Kier alpha value is -4.14. The van der Waals surface area contributed by atoms with Gasteiger partial charge < -0.3 is 24.0 Å². The Balaban J connectivity index is 1.38. The number of nitrogens with zero attached hydrogens (tertiary/aromatic N) is 4. The molecule has 0 spiro atoms. The van der Waals surface area contributed by atoms with Crippen LogP contribution >= 0.6 is 0 Å². The number of benzene rings is 1. The first kappa shape index (κ1) is 23.6. The van der Waals surface area contributed by atoms with Gasteiger partial charge in [-0.2, -0.15) is 0 Å². The second kappa shape index (κ2) is 10.2. The summed E-state index contributed by atoms with van der Waals surface area (Å²) in [5.41, 5.74) is 3.02. The summed E-state index contributed by atoms with van der Waals surface area (Å²) in [5.74, 6) is 1.12. The number of hydrogen-bond donors (Lipinski definition) is 1. The van der Waals surface area contributed by atoms with Gasteiger partial charge in [0.2, 0.25) is 5.91 Å². The minimum absolute atomic E-state index is 0.122. The molecular weight excluding hydrogens is 458 g/mol. The van der Waals surface area contributed by atoms with Gasteiger partial charge in [0.15, 0.2) is 11.5 Å². The van der Waals surface area contributed by atoms with Crippen molar-refractivity contribution in [3.8, 4) is 22.9 Å². The molecule has 1 aliphatic rings. The normalized spacial score (nSPS) is 15.7. The molecule has 9 heteroatoms. The number of piperidine rings is 1. The van der Waals surface area contributed by atoms with Gasteiger partial charge in [-0.05, 0) is 69.2 Å². The van der Waals surface area contributed by atoms with Crippen LogP contribution in [-0.4, -0.2) is 57.9 Å². The minimum atomic E-state index is -0.224. The van der Waals surface area contributed by atoms with E-state index in [0.29, 0.717) is 65.8 Å². The number of likely N-dealkylation sites (tertiary alicyclic amines) is 1. The highest BCUT2D eigenvalue weighted by atomic mass is 16.3. The Kier molecular flexibility index (Phi) is 6.71. The van der Waals surface area contributed by atoms with Crippen molar-refractivity contribution in [2.24, 2.45) is 5.92 Å². The fourth-order valence-electron chi connectivity index (χ4n) is 4.66. The summed E-state index contributed by atoms with van der Waals surface area (Å²) in [6.07, 6.45) is 4.78. The predicted molar refractivity (Wildman–Crippen MR) is 136 cm³/mol. The van der Waals surface area contributed by atoms with E-state index in [4.69, 9.17) is 18.8 Å². The third-order valence-electron chi connectivity index (χ3n) is 6.56. The standard InChI is InChI=1S/C27H29N5O4/c1-3-31(4-2)26(33)18-8-5-13-32(17-18)27(34)28-19-11-12-20-21(16-19)30-25(23-10-7-15-36-23)24(29-20)22-9-6-14-35-22/h6-7,9-12,14-16,18H,3-5,8,13,17H2,1-2H3,(H,28,34). The number of amides is 3. The molecule has 1 aromatic carbocycles. The van der Waals surface area contributed by atoms with Crippen molar-refractivity contribution in [2.75, 3.05) is 31.5 Å². The molecule has 5 rings (SSSR count). The third kappa shape index (κ3) is 4.68. The lowest BCUT2D eigenvalue weighted by Crippen LogP contribution is -2.47. The van der Waals surface area contributed by atoms with Gasteiger partial charge in [0.05, 0.1) is 29.5 Å². The van der Waals surface area contributed by atoms with Crippen molar-refractivity contribution in [1.29, 1.82) is 0 Å². The number of furan rings is 2. The van der Waals surface area contributed by atoms with Crippen LogP contribution in [0.25, 0.3) is 33.9 Å². The number of hydrogen-bond acceptors (Lipinski definition) is 6. The summed E-state index contributed by atoms with van der Waals surface area (Å²) in [5, 5.41) is 2.97. The van der Waals surface area contributed by atoms with E-state index < -0.39 is 0 Å². The summed E-state index contributed by atoms with van der Waals surface area (Å²) in [6, 6.07) is 12.4. The van der Waals surface area contributed by atoms with E-state index in [0.717, 1.165) is 12.8 Å². The van der Waals surface area contributed by atoms with Gasteiger partial charge in [0.25, 0.3) is 0 Å². The average Bonchev–Trinajstić information content (AvgIpc) is 3.63. The Morgan fingerprint density at radius 1 is 1.00 bits per heavy atom. The second-order valence-electron chi connectivity index (χ2n) is 8.80. The molecule has 1 aliphatic heterocycles. The van der Waals surface area contributed by atoms with E-state index in [2.05, 4.69) is 5.32 Å². The van der Waals surface area contributed by atoms with Crippen LogP contribution < -0.4 is 5.32 Å². The lowest BCUT2D eigenvalue weighted by Gasteiger charge is -2.34. The van der Waals surface area contributed by atoms with Crippen molar-refractivity contribution in [2.45, 2.75) is 26.7 Å². The first-order valence-electron chi connectivity index (χ1n) is 12.3. The van der Waals surface area contributed by atoms with Crippen molar-refractivity contribution in [1.82, 2.24) is 19.8 Å². The quantitative estimate of drug-likeness (QED) is 0.398. The molecule has 3 amide bonds. The third-order valence-corrected chi connectivity index (χ3v) is 6.56. The van der Waals surface area contributed by atoms with Crippen LogP contribution in [-0.2, 0) is 4.79 Å². The monoisotopic (exact) mass is 487 g/mol. The smallest absolute Gasteiger partial charge is 0.321 e. The highest BCUT2D eigenvalue weighted by Crippen LogP contribution is 2.32. The summed E-state index contributed by atoms with van der Waals surface area (Å²) >= 11 is 0. The van der Waals surface area contributed by atoms with Gasteiger partial charge in [-0.25, -0.2) is 14.8 Å². The zero-order chi connectivity index (χ0) is 25.1. The molecule has 9 nitrogen and oxygen atoms in total. The van der Waals surface area contributed by atoms with Crippen molar-refractivity contribution < 1.29 is 18.4 Å². The number of aromatic nitrogens is 2. The van der Waals surface area contributed by atoms with Crippen LogP contribution in [0.3, 0.4) is 0 Å². The van der Waals surface area contributed by atoms with E-state index in [9.17, 15) is 9.59 Å². The molecule has 0 saturated carbocycles.